The van der Waals surface area contributed by atoms with E-state index in [1.54, 1.807) is 18.2 Å². The van der Waals surface area contributed by atoms with Gasteiger partial charge >= 0.3 is 0 Å². The Balaban J connectivity index is 1.43. The van der Waals surface area contributed by atoms with Gasteiger partial charge in [-0.2, -0.15) is 0 Å². The van der Waals surface area contributed by atoms with Gasteiger partial charge in [0.1, 0.15) is 5.82 Å². The minimum absolute atomic E-state index is 0.0426. The number of halogens is 1. The van der Waals surface area contributed by atoms with Gasteiger partial charge in [0, 0.05) is 32.5 Å². The molecule has 0 bridgehead atoms. The lowest BCUT2D eigenvalue weighted by Crippen LogP contribution is -2.49. The smallest absolute Gasteiger partial charge is 0.223 e. The van der Waals surface area contributed by atoms with Crippen molar-refractivity contribution in [2.24, 2.45) is 0 Å². The van der Waals surface area contributed by atoms with Gasteiger partial charge in [-0.1, -0.05) is 42.5 Å². The molecule has 1 aliphatic rings. The number of carbonyl (C=O) groups excluding carboxylic acids is 1. The second-order valence-electron chi connectivity index (χ2n) is 7.37. The standard InChI is InChI=1S/C23H24FN3O2/c1-26-13-14-27(20(16-26)17-7-3-2-4-8-17)23(28)12-11-22-25-15-21(29-22)18-9-5-6-10-19(18)24/h2-10,15,20H,11-14,16H2,1H3. The number of piperazine rings is 1. The number of carbonyl (C=O) groups is 1. The fourth-order valence-corrected chi connectivity index (χ4v) is 3.75. The molecule has 1 aliphatic heterocycles. The average Bonchev–Trinajstić information content (AvgIpc) is 3.22. The molecule has 1 atom stereocenters. The summed E-state index contributed by atoms with van der Waals surface area (Å²) in [6.45, 7) is 2.36. The van der Waals surface area contributed by atoms with E-state index in [2.05, 4.69) is 29.1 Å². The molecular formula is C23H24FN3O2. The van der Waals surface area contributed by atoms with E-state index in [4.69, 9.17) is 4.42 Å². The molecule has 6 heteroatoms. The minimum Gasteiger partial charge on any atom is -0.441 e. The third-order valence-corrected chi connectivity index (χ3v) is 5.33. The molecule has 0 radical (unpaired) electrons. The molecule has 29 heavy (non-hydrogen) atoms. The monoisotopic (exact) mass is 393 g/mol. The summed E-state index contributed by atoms with van der Waals surface area (Å²) in [4.78, 5) is 21.4. The molecule has 1 fully saturated rings. The van der Waals surface area contributed by atoms with Gasteiger partial charge in [0.2, 0.25) is 5.91 Å². The Morgan fingerprint density at radius 3 is 2.69 bits per heavy atom. The summed E-state index contributed by atoms with van der Waals surface area (Å²) in [7, 11) is 2.08. The molecule has 150 valence electrons. The Kier molecular flexibility index (Phi) is 5.71. The van der Waals surface area contributed by atoms with Crippen LogP contribution in [0.15, 0.2) is 65.2 Å². The van der Waals surface area contributed by atoms with Crippen LogP contribution in [-0.2, 0) is 11.2 Å². The highest BCUT2D eigenvalue weighted by Gasteiger charge is 2.30. The largest absolute Gasteiger partial charge is 0.441 e. The van der Waals surface area contributed by atoms with Crippen molar-refractivity contribution in [2.45, 2.75) is 18.9 Å². The van der Waals surface area contributed by atoms with Gasteiger partial charge in [0.05, 0.1) is 17.8 Å². The number of rotatable bonds is 5. The average molecular weight is 393 g/mol. The summed E-state index contributed by atoms with van der Waals surface area (Å²) in [5.41, 5.74) is 1.52. The summed E-state index contributed by atoms with van der Waals surface area (Å²) in [6.07, 6.45) is 2.21. The topological polar surface area (TPSA) is 49.6 Å². The Hall–Kier alpha value is -2.99. The highest BCUT2D eigenvalue weighted by Crippen LogP contribution is 2.27. The second kappa shape index (κ2) is 8.57. The van der Waals surface area contributed by atoms with Crippen molar-refractivity contribution in [3.8, 4) is 11.3 Å². The summed E-state index contributed by atoms with van der Waals surface area (Å²) in [5.74, 6) is 0.557. The molecule has 0 N–H and O–H groups in total. The highest BCUT2D eigenvalue weighted by atomic mass is 19.1. The number of hydrogen-bond donors (Lipinski definition) is 0. The van der Waals surface area contributed by atoms with E-state index in [0.29, 0.717) is 36.6 Å². The van der Waals surface area contributed by atoms with Crippen LogP contribution in [0.5, 0.6) is 0 Å². The molecule has 5 nitrogen and oxygen atoms in total. The molecule has 1 amide bonds. The zero-order valence-corrected chi connectivity index (χ0v) is 16.4. The Bertz CT molecular complexity index is 973. The van der Waals surface area contributed by atoms with Gasteiger partial charge in [-0.05, 0) is 24.7 Å². The molecule has 3 aromatic rings. The first kappa shape index (κ1) is 19.3. The molecule has 0 aliphatic carbocycles. The Labute approximate surface area is 169 Å². The van der Waals surface area contributed by atoms with Gasteiger partial charge < -0.3 is 14.2 Å². The normalized spacial score (nSPS) is 17.4. The molecule has 0 saturated carbocycles. The van der Waals surface area contributed by atoms with Crippen LogP contribution in [0.3, 0.4) is 0 Å². The van der Waals surface area contributed by atoms with E-state index >= 15 is 0 Å². The SMILES string of the molecule is CN1CCN(C(=O)CCc2ncc(-c3ccccc3F)o2)C(c2ccccc2)C1. The molecular weight excluding hydrogens is 369 g/mol. The van der Waals surface area contributed by atoms with Gasteiger partial charge in [0.15, 0.2) is 11.7 Å². The first-order valence-corrected chi connectivity index (χ1v) is 9.84. The predicted molar refractivity (Wildman–Crippen MR) is 109 cm³/mol. The first-order chi connectivity index (χ1) is 14.1. The van der Waals surface area contributed by atoms with Crippen molar-refractivity contribution in [1.29, 1.82) is 0 Å². The van der Waals surface area contributed by atoms with Crippen LogP contribution in [0.25, 0.3) is 11.3 Å². The maximum Gasteiger partial charge on any atom is 0.223 e. The molecule has 2 heterocycles. The number of benzene rings is 2. The summed E-state index contributed by atoms with van der Waals surface area (Å²) in [5, 5.41) is 0. The number of hydrogen-bond acceptors (Lipinski definition) is 4. The van der Waals surface area contributed by atoms with Crippen LogP contribution in [0, 0.1) is 5.82 Å². The number of likely N-dealkylation sites (N-methyl/N-ethyl adjacent to an activating group) is 1. The van der Waals surface area contributed by atoms with Crippen molar-refractivity contribution in [2.75, 3.05) is 26.7 Å². The van der Waals surface area contributed by atoms with Gasteiger partial charge in [-0.3, -0.25) is 4.79 Å². The maximum atomic E-state index is 13.9. The van der Waals surface area contributed by atoms with E-state index in [1.807, 2.05) is 23.1 Å². The molecule has 4 rings (SSSR count). The predicted octanol–water partition coefficient (Wildman–Crippen LogP) is 3.93. The second-order valence-corrected chi connectivity index (χ2v) is 7.37. The lowest BCUT2D eigenvalue weighted by molar-refractivity contribution is -0.136. The van der Waals surface area contributed by atoms with Crippen molar-refractivity contribution in [3.63, 3.8) is 0 Å². The highest BCUT2D eigenvalue weighted by molar-refractivity contribution is 5.77. The van der Waals surface area contributed by atoms with Crippen LogP contribution in [0.2, 0.25) is 0 Å². The number of aryl methyl sites for hydroxylation is 1. The van der Waals surface area contributed by atoms with Crippen LogP contribution in [-0.4, -0.2) is 47.4 Å². The molecule has 2 aromatic carbocycles. The van der Waals surface area contributed by atoms with Gasteiger partial charge in [-0.25, -0.2) is 9.37 Å². The molecule has 1 aromatic heterocycles. The van der Waals surface area contributed by atoms with E-state index < -0.39 is 0 Å². The molecule has 0 spiro atoms. The number of amides is 1. The fourth-order valence-electron chi connectivity index (χ4n) is 3.75. The zero-order valence-electron chi connectivity index (χ0n) is 16.4. The quantitative estimate of drug-likeness (QED) is 0.659. The van der Waals surface area contributed by atoms with E-state index in [-0.39, 0.29) is 17.8 Å². The van der Waals surface area contributed by atoms with Crippen LogP contribution in [0.4, 0.5) is 4.39 Å². The Morgan fingerprint density at radius 1 is 1.14 bits per heavy atom. The summed E-state index contributed by atoms with van der Waals surface area (Å²) < 4.78 is 19.6. The molecule has 1 saturated heterocycles. The zero-order chi connectivity index (χ0) is 20.2. The third-order valence-electron chi connectivity index (χ3n) is 5.33. The third kappa shape index (κ3) is 4.38. The van der Waals surface area contributed by atoms with Crippen molar-refractivity contribution < 1.29 is 13.6 Å². The first-order valence-electron chi connectivity index (χ1n) is 9.84. The minimum atomic E-state index is -0.352. The van der Waals surface area contributed by atoms with Crippen LogP contribution >= 0.6 is 0 Å². The summed E-state index contributed by atoms with van der Waals surface area (Å²) >= 11 is 0. The molecule has 1 unspecified atom stereocenters. The lowest BCUT2D eigenvalue weighted by Gasteiger charge is -2.40. The van der Waals surface area contributed by atoms with E-state index in [1.165, 1.54) is 12.3 Å². The maximum absolute atomic E-state index is 13.9. The van der Waals surface area contributed by atoms with Crippen molar-refractivity contribution in [3.05, 3.63) is 78.1 Å². The van der Waals surface area contributed by atoms with Crippen LogP contribution < -0.4 is 0 Å². The number of nitrogens with zero attached hydrogens (tertiary/aromatic N) is 3. The summed E-state index contributed by atoms with van der Waals surface area (Å²) in [6, 6.07) is 16.6. The lowest BCUT2D eigenvalue weighted by atomic mass is 10.0. The van der Waals surface area contributed by atoms with Crippen molar-refractivity contribution in [1.82, 2.24) is 14.8 Å². The van der Waals surface area contributed by atoms with Gasteiger partial charge in [0.25, 0.3) is 0 Å². The van der Waals surface area contributed by atoms with Crippen LogP contribution in [0.1, 0.15) is 23.9 Å². The van der Waals surface area contributed by atoms with E-state index in [9.17, 15) is 9.18 Å². The Morgan fingerprint density at radius 2 is 1.90 bits per heavy atom. The van der Waals surface area contributed by atoms with Gasteiger partial charge in [-0.15, -0.1) is 0 Å². The van der Waals surface area contributed by atoms with E-state index in [0.717, 1.165) is 18.7 Å². The number of aromatic nitrogens is 1. The number of oxazole rings is 1. The van der Waals surface area contributed by atoms with Crippen molar-refractivity contribution >= 4 is 5.91 Å². The fraction of sp³-hybridized carbons (Fsp3) is 0.304.